The Balaban J connectivity index is 1.25. The number of hydrogen-bond acceptors (Lipinski definition) is 5. The van der Waals surface area contributed by atoms with Crippen LogP contribution in [0.5, 0.6) is 0 Å². The molecule has 0 bridgehead atoms. The molecular formula is C25H34F3N3O2S. The molecule has 0 radical (unpaired) electrons. The molecule has 0 atom stereocenters. The van der Waals surface area contributed by atoms with Crippen molar-refractivity contribution >= 4 is 33.0 Å². The van der Waals surface area contributed by atoms with Crippen LogP contribution in [0.3, 0.4) is 0 Å². The van der Waals surface area contributed by atoms with E-state index in [1.54, 1.807) is 6.07 Å². The summed E-state index contributed by atoms with van der Waals surface area (Å²) < 4.78 is 39.7. The number of alkyl halides is 3. The number of carbonyl (C=O) groups is 1. The molecule has 188 valence electrons. The van der Waals surface area contributed by atoms with Crippen molar-refractivity contribution < 1.29 is 23.1 Å². The van der Waals surface area contributed by atoms with Crippen molar-refractivity contribution in [3.05, 3.63) is 29.1 Å². The maximum Gasteiger partial charge on any atom is 0.416 e. The van der Waals surface area contributed by atoms with Crippen molar-refractivity contribution in [2.24, 2.45) is 0 Å². The number of aliphatic hydroxyl groups is 1. The number of rotatable bonds is 8. The number of benzene rings is 1. The molecule has 2 fully saturated rings. The summed E-state index contributed by atoms with van der Waals surface area (Å²) >= 11 is 1.36. The Morgan fingerprint density at radius 2 is 1.85 bits per heavy atom. The Labute approximate surface area is 203 Å². The Morgan fingerprint density at radius 3 is 2.53 bits per heavy atom. The number of amides is 1. The van der Waals surface area contributed by atoms with Crippen molar-refractivity contribution in [2.45, 2.75) is 57.2 Å². The van der Waals surface area contributed by atoms with Crippen LogP contribution in [0.15, 0.2) is 23.6 Å². The monoisotopic (exact) mass is 497 g/mol. The van der Waals surface area contributed by atoms with Gasteiger partial charge < -0.3 is 14.9 Å². The van der Waals surface area contributed by atoms with Gasteiger partial charge in [0.05, 0.1) is 17.9 Å². The van der Waals surface area contributed by atoms with Crippen LogP contribution in [0.1, 0.15) is 50.5 Å². The molecule has 1 saturated carbocycles. The van der Waals surface area contributed by atoms with Crippen molar-refractivity contribution in [3.8, 4) is 0 Å². The van der Waals surface area contributed by atoms with Gasteiger partial charge in [-0.1, -0.05) is 25.3 Å². The van der Waals surface area contributed by atoms with Crippen LogP contribution in [0.25, 0.3) is 10.1 Å². The molecule has 0 spiro atoms. The first kappa shape index (κ1) is 25.3. The molecule has 9 heteroatoms. The zero-order chi connectivity index (χ0) is 24.1. The van der Waals surface area contributed by atoms with E-state index in [1.165, 1.54) is 29.9 Å². The van der Waals surface area contributed by atoms with Crippen LogP contribution in [0, 0.1) is 0 Å². The van der Waals surface area contributed by atoms with Gasteiger partial charge in [0.2, 0.25) is 5.91 Å². The predicted octanol–water partition coefficient (Wildman–Crippen LogP) is 4.98. The fourth-order valence-electron chi connectivity index (χ4n) is 5.26. The zero-order valence-corrected chi connectivity index (χ0v) is 20.3. The van der Waals surface area contributed by atoms with Crippen molar-refractivity contribution in [1.82, 2.24) is 9.80 Å². The molecule has 5 nitrogen and oxygen atoms in total. The van der Waals surface area contributed by atoms with E-state index >= 15 is 0 Å². The molecular weight excluding hydrogens is 463 g/mol. The number of nitrogens with zero attached hydrogens (tertiary/aromatic N) is 3. The summed E-state index contributed by atoms with van der Waals surface area (Å²) in [6, 6.07) is 4.28. The van der Waals surface area contributed by atoms with E-state index in [1.807, 2.05) is 10.3 Å². The number of thiophene rings is 1. The van der Waals surface area contributed by atoms with E-state index < -0.39 is 11.7 Å². The molecule has 2 heterocycles. The van der Waals surface area contributed by atoms with E-state index in [0.717, 1.165) is 75.9 Å². The van der Waals surface area contributed by atoms with Crippen LogP contribution >= 0.6 is 11.3 Å². The predicted molar refractivity (Wildman–Crippen MR) is 130 cm³/mol. The number of anilines is 1. The standard InChI is InChI=1S/C25H34F3N3O2S/c26-25(27,28)19-8-9-21-22(18-34-23(21)17-19)30-13-11-29(12-14-30)10-4-7-24(33)31(15-16-32)20-5-2-1-3-6-20/h8-9,17-18,20,32H,1-7,10-16H2. The topological polar surface area (TPSA) is 47.0 Å². The summed E-state index contributed by atoms with van der Waals surface area (Å²) in [4.78, 5) is 19.3. The fraction of sp³-hybridized carbons (Fsp3) is 0.640. The van der Waals surface area contributed by atoms with Gasteiger partial charge in [-0.15, -0.1) is 11.3 Å². The second kappa shape index (κ2) is 11.3. The normalized spacial score (nSPS) is 18.5. The lowest BCUT2D eigenvalue weighted by Crippen LogP contribution is -2.47. The summed E-state index contributed by atoms with van der Waals surface area (Å²) in [6.07, 6.45) is 2.63. The Bertz CT molecular complexity index is 951. The Kier molecular flexibility index (Phi) is 8.37. The summed E-state index contributed by atoms with van der Waals surface area (Å²) in [5.41, 5.74) is 0.407. The number of halogens is 3. The molecule has 2 aliphatic rings. The Morgan fingerprint density at radius 1 is 1.12 bits per heavy atom. The average molecular weight is 498 g/mol. The average Bonchev–Trinajstić information content (AvgIpc) is 3.26. The van der Waals surface area contributed by atoms with Gasteiger partial charge in [0.1, 0.15) is 0 Å². The molecule has 1 N–H and O–H groups in total. The summed E-state index contributed by atoms with van der Waals surface area (Å²) in [5, 5.41) is 12.2. The largest absolute Gasteiger partial charge is 0.416 e. The highest BCUT2D eigenvalue weighted by Gasteiger charge is 2.31. The van der Waals surface area contributed by atoms with Crippen molar-refractivity contribution in [2.75, 3.05) is 50.8 Å². The maximum absolute atomic E-state index is 13.0. The van der Waals surface area contributed by atoms with Crippen molar-refractivity contribution in [1.29, 1.82) is 0 Å². The highest BCUT2D eigenvalue weighted by molar-refractivity contribution is 7.17. The van der Waals surface area contributed by atoms with Gasteiger partial charge in [-0.2, -0.15) is 13.2 Å². The van der Waals surface area contributed by atoms with Crippen LogP contribution in [0.2, 0.25) is 0 Å². The summed E-state index contributed by atoms with van der Waals surface area (Å²) in [5.74, 6) is 0.155. The first-order valence-electron chi connectivity index (χ1n) is 12.3. The van der Waals surface area contributed by atoms with E-state index in [4.69, 9.17) is 0 Å². The van der Waals surface area contributed by atoms with Gasteiger partial charge >= 0.3 is 6.18 Å². The molecule has 1 aromatic heterocycles. The Hall–Kier alpha value is -1.84. The van der Waals surface area contributed by atoms with Gasteiger partial charge in [-0.05, 0) is 37.9 Å². The lowest BCUT2D eigenvalue weighted by Gasteiger charge is -2.36. The molecule has 2 aromatic rings. The fourth-order valence-corrected chi connectivity index (χ4v) is 6.27. The number of piperazine rings is 1. The van der Waals surface area contributed by atoms with Crippen LogP contribution in [-0.4, -0.2) is 72.7 Å². The second-order valence-corrected chi connectivity index (χ2v) is 10.3. The molecule has 1 aromatic carbocycles. The van der Waals surface area contributed by atoms with Gasteiger partial charge in [0.15, 0.2) is 0 Å². The van der Waals surface area contributed by atoms with Gasteiger partial charge in [0, 0.05) is 60.7 Å². The molecule has 1 saturated heterocycles. The van der Waals surface area contributed by atoms with Crippen LogP contribution in [0.4, 0.5) is 18.9 Å². The third kappa shape index (κ3) is 6.04. The minimum Gasteiger partial charge on any atom is -0.395 e. The summed E-state index contributed by atoms with van der Waals surface area (Å²) in [6.45, 7) is 4.68. The first-order chi connectivity index (χ1) is 16.4. The van der Waals surface area contributed by atoms with Crippen molar-refractivity contribution in [3.63, 3.8) is 0 Å². The van der Waals surface area contributed by atoms with E-state index in [9.17, 15) is 23.1 Å². The lowest BCUT2D eigenvalue weighted by atomic mass is 9.94. The third-order valence-electron chi connectivity index (χ3n) is 7.14. The molecule has 0 unspecified atom stereocenters. The molecule has 1 aliphatic heterocycles. The summed E-state index contributed by atoms with van der Waals surface area (Å²) in [7, 11) is 0. The van der Waals surface area contributed by atoms with Gasteiger partial charge in [0.25, 0.3) is 0 Å². The van der Waals surface area contributed by atoms with Crippen LogP contribution < -0.4 is 4.90 Å². The number of fused-ring (bicyclic) bond motifs is 1. The zero-order valence-electron chi connectivity index (χ0n) is 19.5. The SMILES string of the molecule is O=C(CCCN1CCN(c2csc3cc(C(F)(F)F)ccc23)CC1)N(CCO)C1CCCCC1. The maximum atomic E-state index is 13.0. The minimum atomic E-state index is -4.32. The highest BCUT2D eigenvalue weighted by Crippen LogP contribution is 2.38. The van der Waals surface area contributed by atoms with Gasteiger partial charge in [-0.25, -0.2) is 0 Å². The third-order valence-corrected chi connectivity index (χ3v) is 8.07. The number of aliphatic hydroxyl groups excluding tert-OH is 1. The van der Waals surface area contributed by atoms with E-state index in [0.29, 0.717) is 17.7 Å². The van der Waals surface area contributed by atoms with Gasteiger partial charge in [-0.3, -0.25) is 9.69 Å². The number of hydrogen-bond donors (Lipinski definition) is 1. The lowest BCUT2D eigenvalue weighted by molar-refractivity contribution is -0.137. The smallest absolute Gasteiger partial charge is 0.395 e. The number of carbonyl (C=O) groups excluding carboxylic acids is 1. The van der Waals surface area contributed by atoms with E-state index in [2.05, 4.69) is 9.80 Å². The molecule has 4 rings (SSSR count). The quantitative estimate of drug-likeness (QED) is 0.559. The van der Waals surface area contributed by atoms with E-state index in [-0.39, 0.29) is 18.6 Å². The second-order valence-electron chi connectivity index (χ2n) is 9.36. The first-order valence-corrected chi connectivity index (χ1v) is 13.2. The highest BCUT2D eigenvalue weighted by atomic mass is 32.1. The molecule has 1 amide bonds. The minimum absolute atomic E-state index is 0.0129. The van der Waals surface area contributed by atoms with Crippen LogP contribution in [-0.2, 0) is 11.0 Å². The molecule has 34 heavy (non-hydrogen) atoms. The molecule has 1 aliphatic carbocycles.